The number of ether oxygens (including phenoxy) is 1. The maximum absolute atomic E-state index is 14.4. The zero-order valence-corrected chi connectivity index (χ0v) is 17.0. The van der Waals surface area contributed by atoms with Crippen LogP contribution in [0.3, 0.4) is 0 Å². The first-order chi connectivity index (χ1) is 13.2. The smallest absolute Gasteiger partial charge is 0.302 e. The van der Waals surface area contributed by atoms with Crippen LogP contribution in [0.2, 0.25) is 0 Å². The van der Waals surface area contributed by atoms with Crippen molar-refractivity contribution in [1.29, 1.82) is 0 Å². The van der Waals surface area contributed by atoms with Crippen LogP contribution < -0.4 is 10.8 Å². The Morgan fingerprint density at radius 3 is 2.46 bits per heavy atom. The summed E-state index contributed by atoms with van der Waals surface area (Å²) in [7, 11) is 0. The van der Waals surface area contributed by atoms with Crippen molar-refractivity contribution in [1.82, 2.24) is 5.48 Å². The quantitative estimate of drug-likeness (QED) is 0.195. The molecule has 0 heterocycles. The molecule has 1 amide bonds. The summed E-state index contributed by atoms with van der Waals surface area (Å²) >= 11 is 2.09. The van der Waals surface area contributed by atoms with Gasteiger partial charge in [-0.15, -0.1) is 0 Å². The van der Waals surface area contributed by atoms with Gasteiger partial charge in [-0.3, -0.25) is 14.4 Å². The van der Waals surface area contributed by atoms with E-state index in [1.807, 2.05) is 5.48 Å². The molecule has 2 N–H and O–H groups in total. The lowest BCUT2D eigenvalue weighted by Crippen LogP contribution is -2.27. The Bertz CT molecular complexity index is 909. The number of amides is 1. The fourth-order valence-corrected chi connectivity index (χ4v) is 2.84. The maximum atomic E-state index is 14.4. The van der Waals surface area contributed by atoms with Gasteiger partial charge in [-0.2, -0.15) is 0 Å². The molecule has 6 nitrogen and oxygen atoms in total. The minimum Gasteiger partial charge on any atom is -0.463 e. The molecule has 0 atom stereocenters. The molecule has 0 saturated carbocycles. The summed E-state index contributed by atoms with van der Waals surface area (Å²) in [6, 6.07) is 5.70. The summed E-state index contributed by atoms with van der Waals surface area (Å²) in [6.45, 7) is 2.62. The van der Waals surface area contributed by atoms with E-state index in [-0.39, 0.29) is 13.2 Å². The maximum Gasteiger partial charge on any atom is 0.302 e. The minimum atomic E-state index is -1.71. The Morgan fingerprint density at radius 2 is 1.82 bits per heavy atom. The molecule has 0 unspecified atom stereocenters. The van der Waals surface area contributed by atoms with E-state index in [1.54, 1.807) is 25.1 Å². The number of nitrogens with one attached hydrogen (secondary N) is 2. The molecule has 2 aromatic rings. The van der Waals surface area contributed by atoms with Crippen LogP contribution in [0.25, 0.3) is 0 Å². The van der Waals surface area contributed by atoms with Gasteiger partial charge in [-0.1, -0.05) is 0 Å². The molecular weight excluding hydrogens is 492 g/mol. The molecule has 0 aromatic heterocycles. The topological polar surface area (TPSA) is 76.7 Å². The molecular formula is C18H16F3IN2O4. The van der Waals surface area contributed by atoms with Crippen LogP contribution in [0, 0.1) is 27.9 Å². The average Bonchev–Trinajstić information content (AvgIpc) is 2.63. The first kappa shape index (κ1) is 22.0. The van der Waals surface area contributed by atoms with E-state index in [0.717, 1.165) is 3.57 Å². The monoisotopic (exact) mass is 508 g/mol. The van der Waals surface area contributed by atoms with Crippen molar-refractivity contribution < 1.29 is 32.3 Å². The molecule has 150 valence electrons. The average molecular weight is 508 g/mol. The van der Waals surface area contributed by atoms with Crippen LogP contribution in [0.1, 0.15) is 22.8 Å². The Balaban J connectivity index is 2.25. The van der Waals surface area contributed by atoms with Crippen molar-refractivity contribution in [2.24, 2.45) is 0 Å². The van der Waals surface area contributed by atoms with Gasteiger partial charge in [-0.25, -0.2) is 18.7 Å². The fraction of sp³-hybridized carbons (Fsp3) is 0.222. The van der Waals surface area contributed by atoms with Crippen molar-refractivity contribution in [3.05, 3.63) is 56.4 Å². The van der Waals surface area contributed by atoms with Crippen LogP contribution in [-0.2, 0) is 14.4 Å². The van der Waals surface area contributed by atoms with E-state index >= 15 is 0 Å². The molecule has 0 aliphatic heterocycles. The first-order valence-electron chi connectivity index (χ1n) is 7.97. The molecule has 0 bridgehead atoms. The van der Waals surface area contributed by atoms with Crippen molar-refractivity contribution in [3.8, 4) is 0 Å². The van der Waals surface area contributed by atoms with Crippen LogP contribution in [-0.4, -0.2) is 25.1 Å². The van der Waals surface area contributed by atoms with E-state index in [0.29, 0.717) is 17.3 Å². The summed E-state index contributed by atoms with van der Waals surface area (Å²) in [5, 5.41) is 2.63. The summed E-state index contributed by atoms with van der Waals surface area (Å²) in [5.74, 6) is -6.31. The normalized spacial score (nSPS) is 10.5. The molecule has 0 aliphatic carbocycles. The number of benzene rings is 2. The first-order valence-corrected chi connectivity index (χ1v) is 9.04. The van der Waals surface area contributed by atoms with E-state index in [4.69, 9.17) is 4.84 Å². The number of rotatable bonds is 7. The second kappa shape index (κ2) is 9.73. The largest absolute Gasteiger partial charge is 0.463 e. The third kappa shape index (κ3) is 5.58. The number of halogens is 4. The fourth-order valence-electron chi connectivity index (χ4n) is 2.20. The predicted molar refractivity (Wildman–Crippen MR) is 104 cm³/mol. The summed E-state index contributed by atoms with van der Waals surface area (Å²) in [6.07, 6.45) is 0. The lowest BCUT2D eigenvalue weighted by molar-refractivity contribution is -0.143. The minimum absolute atomic E-state index is 0.130. The third-order valence-corrected chi connectivity index (χ3v) is 4.18. The molecule has 0 aliphatic rings. The van der Waals surface area contributed by atoms with E-state index in [2.05, 4.69) is 32.6 Å². The number of hydrogen-bond acceptors (Lipinski definition) is 5. The Hall–Kier alpha value is -2.34. The lowest BCUT2D eigenvalue weighted by atomic mass is 10.1. The molecule has 0 radical (unpaired) electrons. The van der Waals surface area contributed by atoms with Crippen molar-refractivity contribution >= 4 is 45.8 Å². The Kier molecular flexibility index (Phi) is 7.63. The molecule has 0 fully saturated rings. The lowest BCUT2D eigenvalue weighted by Gasteiger charge is -2.16. The standard InChI is InChI=1S/C18H16F3IN2O4/c1-9-7-11(22)3-4-14(9)23-17-12(8-13(19)15(20)16(17)21)18(26)24-28-6-5-27-10(2)25/h3-4,7-8,23H,5-6H2,1-2H3,(H,24,26). The number of hydroxylamine groups is 1. The summed E-state index contributed by atoms with van der Waals surface area (Å²) in [5.41, 5.74) is 2.05. The number of hydrogen-bond donors (Lipinski definition) is 2. The zero-order chi connectivity index (χ0) is 20.8. The SMILES string of the molecule is CC(=O)OCCONC(=O)c1cc(F)c(F)c(F)c1Nc1ccc(I)cc1C. The Morgan fingerprint density at radius 1 is 1.11 bits per heavy atom. The highest BCUT2D eigenvalue weighted by Gasteiger charge is 2.23. The van der Waals surface area contributed by atoms with Crippen molar-refractivity contribution in [3.63, 3.8) is 0 Å². The van der Waals surface area contributed by atoms with Gasteiger partial charge in [0.25, 0.3) is 5.91 Å². The van der Waals surface area contributed by atoms with Gasteiger partial charge >= 0.3 is 5.97 Å². The van der Waals surface area contributed by atoms with Crippen LogP contribution >= 0.6 is 22.6 Å². The number of aryl methyl sites for hydroxylation is 1. The summed E-state index contributed by atoms with van der Waals surface area (Å²) < 4.78 is 47.3. The van der Waals surface area contributed by atoms with Crippen LogP contribution in [0.15, 0.2) is 24.3 Å². The Labute approximate surface area is 172 Å². The van der Waals surface area contributed by atoms with E-state index < -0.39 is 40.6 Å². The van der Waals surface area contributed by atoms with Gasteiger partial charge in [0, 0.05) is 16.2 Å². The van der Waals surface area contributed by atoms with Gasteiger partial charge in [-0.05, 0) is 59.3 Å². The van der Waals surface area contributed by atoms with Gasteiger partial charge in [0.15, 0.2) is 17.5 Å². The van der Waals surface area contributed by atoms with Gasteiger partial charge < -0.3 is 10.1 Å². The highest BCUT2D eigenvalue weighted by atomic mass is 127. The predicted octanol–water partition coefficient (Wildman–Crippen LogP) is 3.99. The van der Waals surface area contributed by atoms with Crippen molar-refractivity contribution in [2.45, 2.75) is 13.8 Å². The number of anilines is 2. The molecule has 0 spiro atoms. The van der Waals surface area contributed by atoms with E-state index in [9.17, 15) is 22.8 Å². The number of esters is 1. The molecule has 10 heteroatoms. The highest BCUT2D eigenvalue weighted by Crippen LogP contribution is 2.30. The van der Waals surface area contributed by atoms with E-state index in [1.165, 1.54) is 6.92 Å². The summed E-state index contributed by atoms with van der Waals surface area (Å²) in [4.78, 5) is 27.7. The second-order valence-corrected chi connectivity index (χ2v) is 6.86. The molecule has 2 aromatic carbocycles. The third-order valence-electron chi connectivity index (χ3n) is 3.51. The molecule has 28 heavy (non-hydrogen) atoms. The van der Waals surface area contributed by atoms with Crippen LogP contribution in [0.5, 0.6) is 0 Å². The van der Waals surface area contributed by atoms with Gasteiger partial charge in [0.1, 0.15) is 13.2 Å². The highest BCUT2D eigenvalue weighted by molar-refractivity contribution is 14.1. The van der Waals surface area contributed by atoms with Gasteiger partial charge in [0.05, 0.1) is 11.3 Å². The van der Waals surface area contributed by atoms with Gasteiger partial charge in [0.2, 0.25) is 0 Å². The number of carbonyl (C=O) groups is 2. The van der Waals surface area contributed by atoms with Crippen molar-refractivity contribution in [2.75, 3.05) is 18.5 Å². The zero-order valence-electron chi connectivity index (χ0n) is 14.9. The second-order valence-electron chi connectivity index (χ2n) is 5.61. The van der Waals surface area contributed by atoms with Crippen LogP contribution in [0.4, 0.5) is 24.5 Å². The number of carbonyl (C=O) groups excluding carboxylic acids is 2. The molecule has 2 rings (SSSR count). The molecule has 0 saturated heterocycles.